The molecular formula is C14H14ClN3O3. The summed E-state index contributed by atoms with van der Waals surface area (Å²) in [6.45, 7) is 0.881. The van der Waals surface area contributed by atoms with Crippen molar-refractivity contribution < 1.29 is 9.66 Å². The van der Waals surface area contributed by atoms with Crippen molar-refractivity contribution in [1.82, 2.24) is 0 Å². The summed E-state index contributed by atoms with van der Waals surface area (Å²) in [6.07, 6.45) is 0. The van der Waals surface area contributed by atoms with E-state index in [0.717, 1.165) is 0 Å². The molecule has 7 heteroatoms. The van der Waals surface area contributed by atoms with Crippen molar-refractivity contribution >= 4 is 28.7 Å². The van der Waals surface area contributed by atoms with Crippen LogP contribution in [0.4, 0.5) is 17.1 Å². The molecule has 0 saturated carbocycles. The first-order chi connectivity index (χ1) is 10.1. The molecule has 0 aromatic heterocycles. The van der Waals surface area contributed by atoms with E-state index in [1.807, 2.05) is 0 Å². The number of halogens is 1. The van der Waals surface area contributed by atoms with Crippen molar-refractivity contribution in [2.75, 3.05) is 18.5 Å². The molecule has 0 bridgehead atoms. The first-order valence-electron chi connectivity index (χ1n) is 6.24. The molecule has 0 aliphatic carbocycles. The topological polar surface area (TPSA) is 90.4 Å². The molecule has 0 fully saturated rings. The summed E-state index contributed by atoms with van der Waals surface area (Å²) in [6, 6.07) is 11.5. The number of benzene rings is 2. The van der Waals surface area contributed by atoms with Gasteiger partial charge in [0, 0.05) is 23.3 Å². The van der Waals surface area contributed by atoms with E-state index in [9.17, 15) is 10.1 Å². The lowest BCUT2D eigenvalue weighted by Crippen LogP contribution is -2.10. The van der Waals surface area contributed by atoms with Crippen LogP contribution in [0.5, 0.6) is 5.75 Å². The number of ether oxygens (including phenoxy) is 1. The van der Waals surface area contributed by atoms with Gasteiger partial charge in [-0.25, -0.2) is 0 Å². The van der Waals surface area contributed by atoms with Gasteiger partial charge < -0.3 is 15.8 Å². The summed E-state index contributed by atoms with van der Waals surface area (Å²) in [5.74, 6) is 0.691. The molecule has 2 aromatic carbocycles. The lowest BCUT2D eigenvalue weighted by atomic mass is 10.2. The second kappa shape index (κ2) is 6.92. The van der Waals surface area contributed by atoms with Crippen molar-refractivity contribution in [2.45, 2.75) is 0 Å². The zero-order chi connectivity index (χ0) is 15.2. The summed E-state index contributed by atoms with van der Waals surface area (Å²) < 4.78 is 5.36. The third-order valence-corrected chi connectivity index (χ3v) is 2.91. The molecule has 6 nitrogen and oxygen atoms in total. The molecule has 2 rings (SSSR count). The molecule has 0 spiro atoms. The van der Waals surface area contributed by atoms with Crippen LogP contribution in [0.2, 0.25) is 5.02 Å². The van der Waals surface area contributed by atoms with Crippen LogP contribution in [0.3, 0.4) is 0 Å². The highest BCUT2D eigenvalue weighted by Crippen LogP contribution is 2.30. The monoisotopic (exact) mass is 307 g/mol. The Morgan fingerprint density at radius 3 is 2.57 bits per heavy atom. The van der Waals surface area contributed by atoms with Crippen molar-refractivity contribution in [3.8, 4) is 5.75 Å². The van der Waals surface area contributed by atoms with Crippen molar-refractivity contribution in [3.05, 3.63) is 57.6 Å². The van der Waals surface area contributed by atoms with E-state index in [0.29, 0.717) is 35.3 Å². The number of anilines is 2. The third kappa shape index (κ3) is 4.08. The minimum atomic E-state index is -0.479. The molecule has 0 atom stereocenters. The molecule has 110 valence electrons. The Hall–Kier alpha value is -2.31. The largest absolute Gasteiger partial charge is 0.492 e. The molecular weight excluding hydrogens is 294 g/mol. The second-order valence-corrected chi connectivity index (χ2v) is 4.64. The zero-order valence-corrected chi connectivity index (χ0v) is 11.8. The average Bonchev–Trinajstić information content (AvgIpc) is 2.48. The predicted octanol–water partition coefficient (Wildman–Crippen LogP) is 3.33. The highest BCUT2D eigenvalue weighted by Gasteiger charge is 2.14. The van der Waals surface area contributed by atoms with Crippen LogP contribution < -0.4 is 15.8 Å². The quantitative estimate of drug-likeness (QED) is 0.631. The molecule has 3 N–H and O–H groups in total. The van der Waals surface area contributed by atoms with Crippen molar-refractivity contribution in [2.24, 2.45) is 5.73 Å². The van der Waals surface area contributed by atoms with Gasteiger partial charge in [-0.1, -0.05) is 11.6 Å². The SMILES string of the molecule is NCCOc1ccc(Nc2ccc(Cl)cc2[N+](=O)[O-])cc1. The first-order valence-corrected chi connectivity index (χ1v) is 6.62. The highest BCUT2D eigenvalue weighted by molar-refractivity contribution is 6.30. The Labute approximate surface area is 126 Å². The summed E-state index contributed by atoms with van der Waals surface area (Å²) >= 11 is 5.77. The van der Waals surface area contributed by atoms with E-state index in [-0.39, 0.29) is 5.69 Å². The molecule has 0 heterocycles. The first kappa shape index (κ1) is 15.1. The van der Waals surface area contributed by atoms with E-state index >= 15 is 0 Å². The number of nitro groups is 1. The maximum atomic E-state index is 11.0. The second-order valence-electron chi connectivity index (χ2n) is 4.21. The Morgan fingerprint density at radius 1 is 1.24 bits per heavy atom. The van der Waals surface area contributed by atoms with E-state index < -0.39 is 4.92 Å². The Kier molecular flexibility index (Phi) is 4.97. The lowest BCUT2D eigenvalue weighted by molar-refractivity contribution is -0.383. The van der Waals surface area contributed by atoms with Crippen LogP contribution in [0.15, 0.2) is 42.5 Å². The maximum absolute atomic E-state index is 11.0. The summed E-state index contributed by atoms with van der Waals surface area (Å²) in [4.78, 5) is 10.5. The number of nitrogens with two attached hydrogens (primary N) is 1. The standard InChI is InChI=1S/C14H14ClN3O3/c15-10-1-6-13(14(9-10)18(19)20)17-11-2-4-12(5-3-11)21-8-7-16/h1-6,9,17H,7-8,16H2. The minimum Gasteiger partial charge on any atom is -0.492 e. The smallest absolute Gasteiger partial charge is 0.294 e. The van der Waals surface area contributed by atoms with Gasteiger partial charge in [0.2, 0.25) is 0 Å². The number of nitrogens with zero attached hydrogens (tertiary/aromatic N) is 1. The van der Waals surface area contributed by atoms with Gasteiger partial charge in [0.15, 0.2) is 0 Å². The molecule has 2 aromatic rings. The van der Waals surface area contributed by atoms with Crippen LogP contribution >= 0.6 is 11.6 Å². The zero-order valence-electron chi connectivity index (χ0n) is 11.1. The third-order valence-electron chi connectivity index (χ3n) is 2.68. The minimum absolute atomic E-state index is 0.0778. The molecule has 0 radical (unpaired) electrons. The van der Waals surface area contributed by atoms with E-state index in [1.54, 1.807) is 36.4 Å². The van der Waals surface area contributed by atoms with E-state index in [1.165, 1.54) is 6.07 Å². The van der Waals surface area contributed by atoms with Gasteiger partial charge in [-0.3, -0.25) is 10.1 Å². The maximum Gasteiger partial charge on any atom is 0.294 e. The summed E-state index contributed by atoms with van der Waals surface area (Å²) in [5, 5.41) is 14.3. The average molecular weight is 308 g/mol. The van der Waals surface area contributed by atoms with Gasteiger partial charge in [-0.15, -0.1) is 0 Å². The molecule has 0 aliphatic rings. The van der Waals surface area contributed by atoms with E-state index in [4.69, 9.17) is 22.1 Å². The van der Waals surface area contributed by atoms with Gasteiger partial charge in [-0.2, -0.15) is 0 Å². The summed E-state index contributed by atoms with van der Waals surface area (Å²) in [7, 11) is 0. The van der Waals surface area contributed by atoms with E-state index in [2.05, 4.69) is 5.32 Å². The fourth-order valence-electron chi connectivity index (χ4n) is 1.73. The van der Waals surface area contributed by atoms with Gasteiger partial charge >= 0.3 is 0 Å². The van der Waals surface area contributed by atoms with Crippen LogP contribution in [0, 0.1) is 10.1 Å². The lowest BCUT2D eigenvalue weighted by Gasteiger charge is -2.09. The Morgan fingerprint density at radius 2 is 1.95 bits per heavy atom. The van der Waals surface area contributed by atoms with Gasteiger partial charge in [0.25, 0.3) is 5.69 Å². The number of hydrogen-bond acceptors (Lipinski definition) is 5. The highest BCUT2D eigenvalue weighted by atomic mass is 35.5. The number of nitrogens with one attached hydrogen (secondary N) is 1. The van der Waals surface area contributed by atoms with Gasteiger partial charge in [-0.05, 0) is 36.4 Å². The van der Waals surface area contributed by atoms with Crippen LogP contribution in [-0.2, 0) is 0 Å². The van der Waals surface area contributed by atoms with Crippen LogP contribution in [0.25, 0.3) is 0 Å². The van der Waals surface area contributed by atoms with Crippen molar-refractivity contribution in [3.63, 3.8) is 0 Å². The number of rotatable bonds is 6. The van der Waals surface area contributed by atoms with Gasteiger partial charge in [0.05, 0.1) is 4.92 Å². The van der Waals surface area contributed by atoms with Crippen LogP contribution in [0.1, 0.15) is 0 Å². The molecule has 0 saturated heterocycles. The van der Waals surface area contributed by atoms with Crippen molar-refractivity contribution in [1.29, 1.82) is 0 Å². The number of hydrogen-bond donors (Lipinski definition) is 2. The summed E-state index contributed by atoms with van der Waals surface area (Å²) in [5.41, 5.74) is 6.36. The van der Waals surface area contributed by atoms with Crippen LogP contribution in [-0.4, -0.2) is 18.1 Å². The Bertz CT molecular complexity index is 632. The number of nitro benzene ring substituents is 1. The van der Waals surface area contributed by atoms with Gasteiger partial charge in [0.1, 0.15) is 18.0 Å². The molecule has 0 amide bonds. The normalized spacial score (nSPS) is 10.2. The predicted molar refractivity (Wildman–Crippen MR) is 82.4 cm³/mol. The molecule has 0 unspecified atom stereocenters. The Balaban J connectivity index is 2.16. The fraction of sp³-hybridized carbons (Fsp3) is 0.143. The fourth-order valence-corrected chi connectivity index (χ4v) is 1.89. The molecule has 21 heavy (non-hydrogen) atoms. The molecule has 0 aliphatic heterocycles.